The number of anilines is 1. The SMILES string of the molecule is CCC(=O)Nc1ccc(C(=O)CSc2nnc(C)c(=O)[nH]2)cc1OC. The smallest absolute Gasteiger partial charge is 0.273 e. The lowest BCUT2D eigenvalue weighted by Gasteiger charge is -2.11. The molecule has 1 heterocycles. The second-order valence-corrected chi connectivity index (χ2v) is 6.04. The molecule has 0 aliphatic rings. The molecule has 0 radical (unpaired) electrons. The van der Waals surface area contributed by atoms with E-state index in [2.05, 4.69) is 20.5 Å². The summed E-state index contributed by atoms with van der Waals surface area (Å²) in [4.78, 5) is 37.9. The van der Waals surface area contributed by atoms with Crippen molar-refractivity contribution in [3.63, 3.8) is 0 Å². The highest BCUT2D eigenvalue weighted by Crippen LogP contribution is 2.26. The first kappa shape index (κ1) is 18.7. The molecular weight excluding hydrogens is 344 g/mol. The first-order chi connectivity index (χ1) is 11.9. The van der Waals surface area contributed by atoms with Gasteiger partial charge in [-0.05, 0) is 25.1 Å². The fraction of sp³-hybridized carbons (Fsp3) is 0.312. The normalized spacial score (nSPS) is 10.4. The first-order valence-electron chi connectivity index (χ1n) is 7.52. The number of hydrogen-bond donors (Lipinski definition) is 2. The van der Waals surface area contributed by atoms with Crippen molar-refractivity contribution < 1.29 is 14.3 Å². The van der Waals surface area contributed by atoms with Crippen molar-refractivity contribution in [3.8, 4) is 5.75 Å². The Labute approximate surface area is 148 Å². The predicted molar refractivity (Wildman–Crippen MR) is 94.4 cm³/mol. The molecule has 132 valence electrons. The maximum atomic E-state index is 12.3. The minimum atomic E-state index is -0.331. The molecule has 1 aromatic heterocycles. The van der Waals surface area contributed by atoms with E-state index < -0.39 is 0 Å². The van der Waals surface area contributed by atoms with Gasteiger partial charge >= 0.3 is 0 Å². The van der Waals surface area contributed by atoms with Crippen LogP contribution in [-0.4, -0.2) is 39.7 Å². The summed E-state index contributed by atoms with van der Waals surface area (Å²) in [6.45, 7) is 3.30. The lowest BCUT2D eigenvalue weighted by atomic mass is 10.1. The van der Waals surface area contributed by atoms with E-state index in [4.69, 9.17) is 4.74 Å². The lowest BCUT2D eigenvalue weighted by Crippen LogP contribution is -2.15. The molecule has 0 saturated heterocycles. The summed E-state index contributed by atoms with van der Waals surface area (Å²) in [5.41, 5.74) is 0.876. The van der Waals surface area contributed by atoms with Gasteiger partial charge in [0.25, 0.3) is 5.56 Å². The number of nitrogens with zero attached hydrogens (tertiary/aromatic N) is 2. The maximum Gasteiger partial charge on any atom is 0.273 e. The number of carbonyl (C=O) groups is 2. The van der Waals surface area contributed by atoms with Crippen LogP contribution in [0.15, 0.2) is 28.2 Å². The summed E-state index contributed by atoms with van der Waals surface area (Å²) in [7, 11) is 1.46. The van der Waals surface area contributed by atoms with Gasteiger partial charge in [0.2, 0.25) is 5.91 Å². The number of nitrogens with one attached hydrogen (secondary N) is 2. The molecule has 0 aliphatic carbocycles. The van der Waals surface area contributed by atoms with Crippen molar-refractivity contribution in [2.75, 3.05) is 18.2 Å². The van der Waals surface area contributed by atoms with Gasteiger partial charge in [-0.3, -0.25) is 19.4 Å². The zero-order valence-electron chi connectivity index (χ0n) is 14.1. The second kappa shape index (κ2) is 8.43. The Morgan fingerprint density at radius 1 is 1.32 bits per heavy atom. The summed E-state index contributed by atoms with van der Waals surface area (Å²) >= 11 is 1.09. The Morgan fingerprint density at radius 2 is 2.08 bits per heavy atom. The van der Waals surface area contributed by atoms with Crippen LogP contribution in [0, 0.1) is 6.92 Å². The van der Waals surface area contributed by atoms with Gasteiger partial charge in [0.05, 0.1) is 18.6 Å². The third-order valence-corrected chi connectivity index (χ3v) is 4.16. The second-order valence-electron chi connectivity index (χ2n) is 5.07. The number of ether oxygens (including phenoxy) is 1. The lowest BCUT2D eigenvalue weighted by molar-refractivity contribution is -0.115. The molecular formula is C16H18N4O4S. The van der Waals surface area contributed by atoms with E-state index in [1.165, 1.54) is 7.11 Å². The minimum Gasteiger partial charge on any atom is -0.495 e. The van der Waals surface area contributed by atoms with Gasteiger partial charge in [0, 0.05) is 12.0 Å². The largest absolute Gasteiger partial charge is 0.495 e. The Balaban J connectivity index is 2.09. The van der Waals surface area contributed by atoms with Crippen molar-refractivity contribution >= 4 is 29.1 Å². The number of carbonyl (C=O) groups excluding carboxylic acids is 2. The maximum absolute atomic E-state index is 12.3. The molecule has 25 heavy (non-hydrogen) atoms. The number of Topliss-reactive ketones (excluding diaryl/α,β-unsaturated/α-hetero) is 1. The molecule has 8 nitrogen and oxygen atoms in total. The molecule has 0 aliphatic heterocycles. The van der Waals surface area contributed by atoms with Crippen LogP contribution in [0.3, 0.4) is 0 Å². The van der Waals surface area contributed by atoms with Gasteiger partial charge < -0.3 is 10.1 Å². The number of H-pyrrole nitrogens is 1. The van der Waals surface area contributed by atoms with Crippen LogP contribution in [0.4, 0.5) is 5.69 Å². The number of aromatic amines is 1. The number of methoxy groups -OCH3 is 1. The van der Waals surface area contributed by atoms with Crippen molar-refractivity contribution in [2.45, 2.75) is 25.4 Å². The first-order valence-corrected chi connectivity index (χ1v) is 8.50. The van der Waals surface area contributed by atoms with Crippen molar-refractivity contribution in [3.05, 3.63) is 39.8 Å². The van der Waals surface area contributed by atoms with Gasteiger partial charge in [-0.2, -0.15) is 0 Å². The van der Waals surface area contributed by atoms with E-state index in [1.807, 2.05) is 0 Å². The monoisotopic (exact) mass is 362 g/mol. The molecule has 0 bridgehead atoms. The van der Waals surface area contributed by atoms with Crippen LogP contribution in [0.25, 0.3) is 0 Å². The number of thioether (sulfide) groups is 1. The standard InChI is InChI=1S/C16H18N4O4S/c1-4-14(22)17-11-6-5-10(7-13(11)24-3)12(21)8-25-16-18-15(23)9(2)19-20-16/h5-7H,4,8H2,1-3H3,(H,17,22)(H,18,20,23). The average Bonchev–Trinajstić information content (AvgIpc) is 2.62. The van der Waals surface area contributed by atoms with E-state index in [0.29, 0.717) is 23.4 Å². The van der Waals surface area contributed by atoms with Gasteiger partial charge in [-0.15, -0.1) is 10.2 Å². The number of aryl methyl sites for hydroxylation is 1. The Bertz CT molecular complexity index is 850. The van der Waals surface area contributed by atoms with Crippen LogP contribution in [0.5, 0.6) is 5.75 Å². The number of aromatic nitrogens is 3. The number of rotatable bonds is 7. The van der Waals surface area contributed by atoms with E-state index >= 15 is 0 Å². The third kappa shape index (κ3) is 4.90. The Morgan fingerprint density at radius 3 is 2.72 bits per heavy atom. The molecule has 2 aromatic rings. The molecule has 1 aromatic carbocycles. The molecule has 0 spiro atoms. The minimum absolute atomic E-state index is 0.0809. The van der Waals surface area contributed by atoms with E-state index in [1.54, 1.807) is 32.0 Å². The molecule has 0 unspecified atom stereocenters. The predicted octanol–water partition coefficient (Wildman–Crippen LogP) is 1.81. The van der Waals surface area contributed by atoms with E-state index in [0.717, 1.165) is 11.8 Å². The highest BCUT2D eigenvalue weighted by Gasteiger charge is 2.13. The quantitative estimate of drug-likeness (QED) is 0.570. The molecule has 0 fully saturated rings. The zero-order chi connectivity index (χ0) is 18.4. The van der Waals surface area contributed by atoms with Gasteiger partial charge in [-0.25, -0.2) is 0 Å². The molecule has 2 rings (SSSR count). The van der Waals surface area contributed by atoms with Crippen LogP contribution >= 0.6 is 11.8 Å². The van der Waals surface area contributed by atoms with Crippen LogP contribution in [0.1, 0.15) is 29.4 Å². The molecule has 0 atom stereocenters. The van der Waals surface area contributed by atoms with Gasteiger partial charge in [-0.1, -0.05) is 18.7 Å². The van der Waals surface area contributed by atoms with Crippen molar-refractivity contribution in [2.24, 2.45) is 0 Å². The number of amides is 1. The summed E-state index contributed by atoms with van der Waals surface area (Å²) < 4.78 is 5.23. The summed E-state index contributed by atoms with van der Waals surface area (Å²) in [6.07, 6.45) is 0.344. The summed E-state index contributed by atoms with van der Waals surface area (Å²) in [5, 5.41) is 10.5. The van der Waals surface area contributed by atoms with Gasteiger partial charge in [0.15, 0.2) is 10.9 Å². The zero-order valence-corrected chi connectivity index (χ0v) is 14.9. The van der Waals surface area contributed by atoms with Gasteiger partial charge in [0.1, 0.15) is 11.4 Å². The third-order valence-electron chi connectivity index (χ3n) is 3.30. The number of benzene rings is 1. The number of hydrogen-bond acceptors (Lipinski definition) is 7. The van der Waals surface area contributed by atoms with Crippen molar-refractivity contribution in [1.82, 2.24) is 15.2 Å². The fourth-order valence-corrected chi connectivity index (χ4v) is 2.57. The molecule has 1 amide bonds. The summed E-state index contributed by atoms with van der Waals surface area (Å²) in [5.74, 6) is 0.174. The molecule has 9 heteroatoms. The highest BCUT2D eigenvalue weighted by molar-refractivity contribution is 7.99. The molecule has 0 saturated carbocycles. The Hall–Kier alpha value is -2.68. The summed E-state index contributed by atoms with van der Waals surface area (Å²) in [6, 6.07) is 4.80. The van der Waals surface area contributed by atoms with E-state index in [-0.39, 0.29) is 33.9 Å². The van der Waals surface area contributed by atoms with Crippen molar-refractivity contribution in [1.29, 1.82) is 0 Å². The Kier molecular flexibility index (Phi) is 6.29. The van der Waals surface area contributed by atoms with Crippen LogP contribution < -0.4 is 15.6 Å². The van der Waals surface area contributed by atoms with Crippen LogP contribution in [0.2, 0.25) is 0 Å². The highest BCUT2D eigenvalue weighted by atomic mass is 32.2. The van der Waals surface area contributed by atoms with E-state index in [9.17, 15) is 14.4 Å². The van der Waals surface area contributed by atoms with Crippen LogP contribution in [-0.2, 0) is 4.79 Å². The topological polar surface area (TPSA) is 114 Å². The molecule has 2 N–H and O–H groups in total. The average molecular weight is 362 g/mol. The fourth-order valence-electron chi connectivity index (χ4n) is 1.87. The number of ketones is 1.